The minimum absolute atomic E-state index is 0.336. The number of benzene rings is 2. The van der Waals surface area contributed by atoms with Crippen LogP contribution in [-0.2, 0) is 6.42 Å². The van der Waals surface area contributed by atoms with E-state index in [1.807, 2.05) is 43.3 Å². The number of nitrogens with zero attached hydrogens (tertiary/aromatic N) is 3. The number of fused-ring (bicyclic) bond motifs is 3. The lowest BCUT2D eigenvalue weighted by atomic mass is 10.0. The van der Waals surface area contributed by atoms with Crippen molar-refractivity contribution in [2.24, 2.45) is 0 Å². The SMILES string of the molecule is COc1cccc2c1nc(N)n1nc(Cc3cccc(N)c3C)cc21. The van der Waals surface area contributed by atoms with Gasteiger partial charge in [-0.1, -0.05) is 24.3 Å². The summed E-state index contributed by atoms with van der Waals surface area (Å²) in [5.41, 5.74) is 17.7. The molecule has 4 rings (SSSR count). The van der Waals surface area contributed by atoms with E-state index in [1.165, 1.54) is 0 Å². The van der Waals surface area contributed by atoms with Gasteiger partial charge in [0.2, 0.25) is 5.95 Å². The zero-order chi connectivity index (χ0) is 17.6. The van der Waals surface area contributed by atoms with Gasteiger partial charge >= 0.3 is 0 Å². The van der Waals surface area contributed by atoms with E-state index in [2.05, 4.69) is 16.1 Å². The Morgan fingerprint density at radius 1 is 1.12 bits per heavy atom. The maximum absolute atomic E-state index is 6.12. The summed E-state index contributed by atoms with van der Waals surface area (Å²) in [5.74, 6) is 1.03. The number of methoxy groups -OCH3 is 1. The standard InChI is InChI=1S/C19H19N5O/c1-11-12(5-3-7-15(11)20)9-13-10-16-14-6-4-8-17(25-2)18(14)22-19(21)24(16)23-13/h3-8,10H,9,20H2,1-2H3,(H2,21,22). The molecule has 0 radical (unpaired) electrons. The van der Waals surface area contributed by atoms with Gasteiger partial charge in [0.15, 0.2) is 0 Å². The minimum atomic E-state index is 0.336. The first-order valence-corrected chi connectivity index (χ1v) is 8.03. The number of nitrogens with two attached hydrogens (primary N) is 2. The molecule has 0 aliphatic rings. The molecule has 2 aromatic carbocycles. The van der Waals surface area contributed by atoms with Crippen LogP contribution in [-0.4, -0.2) is 21.7 Å². The summed E-state index contributed by atoms with van der Waals surface area (Å²) in [7, 11) is 1.63. The molecule has 0 aliphatic carbocycles. The molecule has 126 valence electrons. The van der Waals surface area contributed by atoms with Gasteiger partial charge in [0.05, 0.1) is 18.3 Å². The Bertz CT molecular complexity index is 1100. The highest BCUT2D eigenvalue weighted by Crippen LogP contribution is 2.29. The Morgan fingerprint density at radius 3 is 2.72 bits per heavy atom. The molecule has 0 aliphatic heterocycles. The zero-order valence-corrected chi connectivity index (χ0v) is 14.2. The number of nitrogen functional groups attached to an aromatic ring is 2. The Kier molecular flexibility index (Phi) is 3.46. The third-order valence-electron chi connectivity index (χ3n) is 4.56. The molecule has 4 N–H and O–H groups in total. The molecule has 4 aromatic rings. The first-order valence-electron chi connectivity index (χ1n) is 8.03. The number of para-hydroxylation sites is 1. The molecule has 2 aromatic heterocycles. The molecule has 0 saturated heterocycles. The maximum Gasteiger partial charge on any atom is 0.222 e. The average molecular weight is 333 g/mol. The fourth-order valence-electron chi connectivity index (χ4n) is 3.14. The highest BCUT2D eigenvalue weighted by Gasteiger charge is 2.14. The number of hydrogen-bond acceptors (Lipinski definition) is 5. The van der Waals surface area contributed by atoms with E-state index in [1.54, 1.807) is 11.6 Å². The van der Waals surface area contributed by atoms with E-state index >= 15 is 0 Å². The third kappa shape index (κ3) is 2.42. The van der Waals surface area contributed by atoms with Crippen LogP contribution in [0.25, 0.3) is 16.4 Å². The van der Waals surface area contributed by atoms with Crippen molar-refractivity contribution in [2.45, 2.75) is 13.3 Å². The summed E-state index contributed by atoms with van der Waals surface area (Å²) in [6, 6.07) is 13.8. The lowest BCUT2D eigenvalue weighted by Gasteiger charge is -2.07. The number of anilines is 2. The molecule has 0 amide bonds. The Labute approximate surface area is 145 Å². The van der Waals surface area contributed by atoms with E-state index in [4.69, 9.17) is 16.2 Å². The normalized spacial score (nSPS) is 11.3. The van der Waals surface area contributed by atoms with Gasteiger partial charge in [-0.2, -0.15) is 9.61 Å². The lowest BCUT2D eigenvalue weighted by Crippen LogP contribution is -2.03. The predicted molar refractivity (Wildman–Crippen MR) is 99.9 cm³/mol. The van der Waals surface area contributed by atoms with Gasteiger partial charge in [-0.05, 0) is 36.2 Å². The van der Waals surface area contributed by atoms with Crippen LogP contribution in [0.3, 0.4) is 0 Å². The van der Waals surface area contributed by atoms with Gasteiger partial charge < -0.3 is 16.2 Å². The van der Waals surface area contributed by atoms with Gasteiger partial charge in [-0.25, -0.2) is 4.98 Å². The lowest BCUT2D eigenvalue weighted by molar-refractivity contribution is 0.419. The summed E-state index contributed by atoms with van der Waals surface area (Å²) in [5, 5.41) is 5.59. The fourth-order valence-corrected chi connectivity index (χ4v) is 3.14. The van der Waals surface area contributed by atoms with Crippen LogP contribution < -0.4 is 16.2 Å². The van der Waals surface area contributed by atoms with Crippen LogP contribution in [0.15, 0.2) is 42.5 Å². The van der Waals surface area contributed by atoms with Gasteiger partial charge in [-0.15, -0.1) is 0 Å². The molecule has 2 heterocycles. The summed E-state index contributed by atoms with van der Waals surface area (Å²) >= 11 is 0. The maximum atomic E-state index is 6.12. The number of rotatable bonds is 3. The van der Waals surface area contributed by atoms with Crippen LogP contribution in [0.5, 0.6) is 5.75 Å². The summed E-state index contributed by atoms with van der Waals surface area (Å²) in [6.45, 7) is 2.02. The van der Waals surface area contributed by atoms with Gasteiger partial charge in [-0.3, -0.25) is 0 Å². The van der Waals surface area contributed by atoms with E-state index < -0.39 is 0 Å². The fraction of sp³-hybridized carbons (Fsp3) is 0.158. The Hall–Kier alpha value is -3.28. The first-order chi connectivity index (χ1) is 12.1. The largest absolute Gasteiger partial charge is 0.494 e. The molecule has 25 heavy (non-hydrogen) atoms. The van der Waals surface area contributed by atoms with Crippen molar-refractivity contribution >= 4 is 28.1 Å². The van der Waals surface area contributed by atoms with Crippen molar-refractivity contribution in [3.05, 3.63) is 59.3 Å². The monoisotopic (exact) mass is 333 g/mol. The Morgan fingerprint density at radius 2 is 1.92 bits per heavy atom. The second-order valence-corrected chi connectivity index (χ2v) is 6.07. The van der Waals surface area contributed by atoms with Crippen molar-refractivity contribution in [2.75, 3.05) is 18.6 Å². The smallest absolute Gasteiger partial charge is 0.222 e. The van der Waals surface area contributed by atoms with Crippen LogP contribution in [0.1, 0.15) is 16.8 Å². The third-order valence-corrected chi connectivity index (χ3v) is 4.56. The summed E-state index contributed by atoms with van der Waals surface area (Å²) in [4.78, 5) is 4.46. The van der Waals surface area contributed by atoms with Gasteiger partial charge in [0, 0.05) is 17.5 Å². The molecule has 0 atom stereocenters. The van der Waals surface area contributed by atoms with Crippen LogP contribution in [0.2, 0.25) is 0 Å². The van der Waals surface area contributed by atoms with Crippen LogP contribution in [0, 0.1) is 6.92 Å². The van der Waals surface area contributed by atoms with Crippen molar-refractivity contribution in [3.8, 4) is 5.75 Å². The molecule has 6 heteroatoms. The molecule has 0 saturated carbocycles. The van der Waals surface area contributed by atoms with Crippen LogP contribution >= 0.6 is 0 Å². The quantitative estimate of drug-likeness (QED) is 0.562. The van der Waals surface area contributed by atoms with Crippen molar-refractivity contribution < 1.29 is 4.74 Å². The number of ether oxygens (including phenoxy) is 1. The number of hydrogen-bond donors (Lipinski definition) is 2. The second kappa shape index (κ2) is 5.66. The first kappa shape index (κ1) is 15.3. The van der Waals surface area contributed by atoms with E-state index in [-0.39, 0.29) is 0 Å². The molecule has 0 bridgehead atoms. The van der Waals surface area contributed by atoms with E-state index in [9.17, 15) is 0 Å². The Balaban J connectivity index is 1.89. The molecule has 0 fully saturated rings. The molecule has 6 nitrogen and oxygen atoms in total. The van der Waals surface area contributed by atoms with Gasteiger partial charge in [0.1, 0.15) is 11.3 Å². The molecule has 0 unspecified atom stereocenters. The van der Waals surface area contributed by atoms with E-state index in [0.717, 1.165) is 38.9 Å². The topological polar surface area (TPSA) is 91.5 Å². The molecular formula is C19H19N5O. The van der Waals surface area contributed by atoms with Gasteiger partial charge in [0.25, 0.3) is 0 Å². The number of aromatic nitrogens is 3. The molecular weight excluding hydrogens is 314 g/mol. The summed E-state index contributed by atoms with van der Waals surface area (Å²) < 4.78 is 7.08. The molecule has 0 spiro atoms. The van der Waals surface area contributed by atoms with Crippen LogP contribution in [0.4, 0.5) is 11.6 Å². The van der Waals surface area contributed by atoms with Crippen molar-refractivity contribution in [3.63, 3.8) is 0 Å². The highest BCUT2D eigenvalue weighted by atomic mass is 16.5. The predicted octanol–water partition coefficient (Wildman–Crippen LogP) is 2.95. The second-order valence-electron chi connectivity index (χ2n) is 6.07. The summed E-state index contributed by atoms with van der Waals surface area (Å²) in [6.07, 6.45) is 0.684. The average Bonchev–Trinajstić information content (AvgIpc) is 3.03. The van der Waals surface area contributed by atoms with E-state index in [0.29, 0.717) is 18.1 Å². The van der Waals surface area contributed by atoms with Crippen molar-refractivity contribution in [1.82, 2.24) is 14.6 Å². The zero-order valence-electron chi connectivity index (χ0n) is 14.2. The minimum Gasteiger partial charge on any atom is -0.494 e. The van der Waals surface area contributed by atoms with Crippen molar-refractivity contribution in [1.29, 1.82) is 0 Å². The highest BCUT2D eigenvalue weighted by molar-refractivity contribution is 5.97.